The minimum absolute atomic E-state index is 0.00861. The summed E-state index contributed by atoms with van der Waals surface area (Å²) < 4.78 is 45.5. The third-order valence-corrected chi connectivity index (χ3v) is 9.63. The van der Waals surface area contributed by atoms with E-state index in [1.807, 2.05) is 78.9 Å². The van der Waals surface area contributed by atoms with Crippen molar-refractivity contribution in [2.24, 2.45) is 0 Å². The maximum atomic E-state index is 13.4. The predicted octanol–water partition coefficient (Wildman–Crippen LogP) is 3.71. The molecule has 1 aromatic heterocycles. The number of aromatic nitrogens is 2. The first-order valence-electron chi connectivity index (χ1n) is 14.8. The van der Waals surface area contributed by atoms with Gasteiger partial charge in [-0.1, -0.05) is 54.6 Å². The van der Waals surface area contributed by atoms with Gasteiger partial charge in [-0.2, -0.15) is 4.98 Å². The van der Waals surface area contributed by atoms with E-state index >= 15 is 0 Å². The summed E-state index contributed by atoms with van der Waals surface area (Å²) in [6, 6.07) is 26.4. The zero-order valence-corrected chi connectivity index (χ0v) is 26.8. The summed E-state index contributed by atoms with van der Waals surface area (Å²) >= 11 is 0. The fourth-order valence-corrected chi connectivity index (χ4v) is 6.75. The first-order valence-corrected chi connectivity index (χ1v) is 16.6. The largest absolute Gasteiger partial charge is 0.497 e. The molecule has 0 amide bonds. The van der Waals surface area contributed by atoms with Crippen molar-refractivity contribution < 1.29 is 33.1 Å². The summed E-state index contributed by atoms with van der Waals surface area (Å²) in [7, 11) is -0.672. The number of ether oxygens (including phenoxy) is 5. The maximum absolute atomic E-state index is 13.4. The highest BCUT2D eigenvalue weighted by atomic mass is 31.2. The van der Waals surface area contributed by atoms with Crippen LogP contribution in [0.1, 0.15) is 16.7 Å². The Morgan fingerprint density at radius 3 is 2.02 bits per heavy atom. The average molecular weight is 651 g/mol. The van der Waals surface area contributed by atoms with Crippen molar-refractivity contribution in [2.45, 2.75) is 18.2 Å². The van der Waals surface area contributed by atoms with E-state index in [-0.39, 0.29) is 19.0 Å². The smallest absolute Gasteiger partial charge is 0.349 e. The van der Waals surface area contributed by atoms with Crippen molar-refractivity contribution in [1.82, 2.24) is 14.2 Å². The molecule has 1 aliphatic heterocycles. The fraction of sp³-hybridized carbons (Fsp3) is 0.333. The Kier molecular flexibility index (Phi) is 10.9. The Bertz CT molecular complexity index is 1610. The Labute approximate surface area is 267 Å². The Hall–Kier alpha value is -4.03. The van der Waals surface area contributed by atoms with E-state index in [0.29, 0.717) is 37.8 Å². The lowest BCUT2D eigenvalue weighted by Crippen LogP contribution is -2.40. The molecule has 0 saturated carbocycles. The number of nitrogens with zero attached hydrogens (tertiary/aromatic N) is 3. The molecule has 1 unspecified atom stereocenters. The van der Waals surface area contributed by atoms with Crippen LogP contribution >= 0.6 is 7.52 Å². The van der Waals surface area contributed by atoms with Gasteiger partial charge in [-0.3, -0.25) is 9.13 Å². The third-order valence-electron chi connectivity index (χ3n) is 7.86. The molecule has 4 aromatic rings. The fourth-order valence-electron chi connectivity index (χ4n) is 5.40. The lowest BCUT2D eigenvalue weighted by atomic mass is 9.80. The zero-order chi connectivity index (χ0) is 32.6. The topological polar surface area (TPSA) is 148 Å². The SMILES string of the molecule is COc1ccc(C(OC[C@H](Cn2ccc(N)nc2=O)OCP(=O)(O)N2CCOCC2)(c2ccccc2)c2ccc(OC)cc2)cc1. The first kappa shape index (κ1) is 33.3. The average Bonchev–Trinajstić information content (AvgIpc) is 3.09. The second-order valence-corrected chi connectivity index (χ2v) is 12.9. The van der Waals surface area contributed by atoms with Crippen molar-refractivity contribution in [3.63, 3.8) is 0 Å². The predicted molar refractivity (Wildman–Crippen MR) is 173 cm³/mol. The lowest BCUT2D eigenvalue weighted by Gasteiger charge is -2.37. The van der Waals surface area contributed by atoms with Crippen LogP contribution in [0.15, 0.2) is 95.9 Å². The molecule has 0 aliphatic carbocycles. The number of nitrogen functional groups attached to an aromatic ring is 1. The summed E-state index contributed by atoms with van der Waals surface area (Å²) in [6.45, 7) is 1.25. The van der Waals surface area contributed by atoms with Gasteiger partial charge in [0.15, 0.2) is 0 Å². The Morgan fingerprint density at radius 2 is 1.48 bits per heavy atom. The standard InChI is InChI=1S/C33H39N4O8P/c1-41-28-12-8-26(9-13-28)33(25-6-4-3-5-7-25,27-10-14-29(42-2)15-11-27)45-23-30(22-36-17-16-31(34)35-32(36)38)44-24-46(39,40)37-18-20-43-21-19-37/h3-17,30H,18-24H2,1-2H3,(H,39,40)(H2,34,35,38)/t30-/m0/s1. The van der Waals surface area contributed by atoms with E-state index in [9.17, 15) is 14.3 Å². The monoisotopic (exact) mass is 650 g/mol. The molecule has 0 radical (unpaired) electrons. The van der Waals surface area contributed by atoms with Gasteiger partial charge in [-0.05, 0) is 47.0 Å². The van der Waals surface area contributed by atoms with Crippen LogP contribution in [0.3, 0.4) is 0 Å². The van der Waals surface area contributed by atoms with Crippen molar-refractivity contribution in [3.8, 4) is 11.5 Å². The second kappa shape index (κ2) is 15.0. The van der Waals surface area contributed by atoms with Gasteiger partial charge in [0.25, 0.3) is 7.52 Å². The van der Waals surface area contributed by atoms with E-state index in [2.05, 4.69) is 4.98 Å². The van der Waals surface area contributed by atoms with E-state index < -0.39 is 31.3 Å². The third kappa shape index (κ3) is 7.67. The van der Waals surface area contributed by atoms with Crippen LogP contribution in [-0.4, -0.2) is 78.7 Å². The molecule has 13 heteroatoms. The van der Waals surface area contributed by atoms with Gasteiger partial charge in [0.05, 0.1) is 46.7 Å². The number of anilines is 1. The quantitative estimate of drug-likeness (QED) is 0.152. The second-order valence-electron chi connectivity index (χ2n) is 10.8. The van der Waals surface area contributed by atoms with Gasteiger partial charge in [0.1, 0.15) is 29.3 Å². The zero-order valence-electron chi connectivity index (χ0n) is 25.9. The van der Waals surface area contributed by atoms with E-state index in [1.54, 1.807) is 14.2 Å². The number of morpholine rings is 1. The van der Waals surface area contributed by atoms with Gasteiger partial charge < -0.3 is 34.3 Å². The van der Waals surface area contributed by atoms with Crippen molar-refractivity contribution in [1.29, 1.82) is 0 Å². The van der Waals surface area contributed by atoms with Gasteiger partial charge >= 0.3 is 5.69 Å². The van der Waals surface area contributed by atoms with Crippen LogP contribution in [0, 0.1) is 0 Å². The number of benzene rings is 3. The number of hydrogen-bond donors (Lipinski definition) is 2. The molecule has 12 nitrogen and oxygen atoms in total. The molecule has 3 aromatic carbocycles. The van der Waals surface area contributed by atoms with Gasteiger partial charge in [-0.25, -0.2) is 9.46 Å². The molecule has 2 heterocycles. The highest BCUT2D eigenvalue weighted by molar-refractivity contribution is 7.55. The summed E-state index contributed by atoms with van der Waals surface area (Å²) in [5.41, 5.74) is 6.41. The van der Waals surface area contributed by atoms with E-state index in [0.717, 1.165) is 16.7 Å². The number of methoxy groups -OCH3 is 2. The van der Waals surface area contributed by atoms with Crippen LogP contribution in [0.2, 0.25) is 0 Å². The van der Waals surface area contributed by atoms with Crippen molar-refractivity contribution in [2.75, 3.05) is 59.2 Å². The molecule has 3 N–H and O–H groups in total. The van der Waals surface area contributed by atoms with Crippen LogP contribution in [0.25, 0.3) is 0 Å². The molecule has 0 bridgehead atoms. The van der Waals surface area contributed by atoms with Gasteiger partial charge in [-0.15, -0.1) is 0 Å². The highest BCUT2D eigenvalue weighted by Crippen LogP contribution is 2.46. The minimum atomic E-state index is -3.88. The van der Waals surface area contributed by atoms with Crippen LogP contribution in [-0.2, 0) is 30.9 Å². The van der Waals surface area contributed by atoms with E-state index in [1.165, 1.54) is 21.5 Å². The summed E-state index contributed by atoms with van der Waals surface area (Å²) in [6.07, 6.45) is 0.199. The molecule has 1 aliphatic rings. The number of nitrogens with two attached hydrogens (primary N) is 1. The van der Waals surface area contributed by atoms with Crippen molar-refractivity contribution >= 4 is 13.3 Å². The molecule has 1 fully saturated rings. The molecule has 244 valence electrons. The van der Waals surface area contributed by atoms with Crippen LogP contribution in [0.4, 0.5) is 5.82 Å². The maximum Gasteiger partial charge on any atom is 0.349 e. The van der Waals surface area contributed by atoms with Crippen LogP contribution < -0.4 is 20.9 Å². The van der Waals surface area contributed by atoms with Gasteiger partial charge in [0.2, 0.25) is 0 Å². The molecule has 2 atom stereocenters. The molecule has 1 saturated heterocycles. The van der Waals surface area contributed by atoms with Crippen molar-refractivity contribution in [3.05, 3.63) is 118 Å². The van der Waals surface area contributed by atoms with E-state index in [4.69, 9.17) is 29.4 Å². The normalized spacial score (nSPS) is 16.0. The molecular weight excluding hydrogens is 611 g/mol. The molecular formula is C33H39N4O8P. The summed E-state index contributed by atoms with van der Waals surface area (Å²) in [4.78, 5) is 27.5. The summed E-state index contributed by atoms with van der Waals surface area (Å²) in [5.74, 6) is 1.45. The molecule has 0 spiro atoms. The van der Waals surface area contributed by atoms with Gasteiger partial charge in [0, 0.05) is 19.3 Å². The minimum Gasteiger partial charge on any atom is -0.497 e. The lowest BCUT2D eigenvalue weighted by molar-refractivity contribution is -0.0631. The van der Waals surface area contributed by atoms with Crippen LogP contribution in [0.5, 0.6) is 11.5 Å². The number of hydrogen-bond acceptors (Lipinski definition) is 9. The summed E-state index contributed by atoms with van der Waals surface area (Å²) in [5, 5.41) is 0. The molecule has 46 heavy (non-hydrogen) atoms. The molecule has 5 rings (SSSR count). The highest BCUT2D eigenvalue weighted by Gasteiger charge is 2.39. The first-order chi connectivity index (χ1) is 22.2. The Balaban J connectivity index is 1.55. The number of rotatable bonds is 14. The Morgan fingerprint density at radius 1 is 0.913 bits per heavy atom.